The molecule has 0 saturated carbocycles. The van der Waals surface area contributed by atoms with Crippen LogP contribution in [0.3, 0.4) is 0 Å². The third-order valence-electron chi connectivity index (χ3n) is 2.66. The van der Waals surface area contributed by atoms with Crippen molar-refractivity contribution in [3.63, 3.8) is 0 Å². The van der Waals surface area contributed by atoms with Gasteiger partial charge in [-0.05, 0) is 35.4 Å². The lowest BCUT2D eigenvalue weighted by Gasteiger charge is -2.13. The van der Waals surface area contributed by atoms with Crippen LogP contribution in [0, 0.1) is 5.82 Å². The molecule has 0 aliphatic rings. The monoisotopic (exact) mass is 310 g/mol. The number of ether oxygens (including phenoxy) is 1. The van der Waals surface area contributed by atoms with Crippen molar-refractivity contribution in [3.8, 4) is 5.75 Å². The van der Waals surface area contributed by atoms with Crippen LogP contribution in [0.2, 0.25) is 0 Å². The van der Waals surface area contributed by atoms with Gasteiger partial charge in [0.2, 0.25) is 0 Å². The summed E-state index contributed by atoms with van der Waals surface area (Å²) in [5.74, 6) is -0.316. The largest absolute Gasteiger partial charge is 0.494 e. The van der Waals surface area contributed by atoms with Crippen molar-refractivity contribution in [1.29, 1.82) is 0 Å². The fourth-order valence-corrected chi connectivity index (χ4v) is 2.14. The minimum absolute atomic E-state index is 0.167. The molecule has 0 aliphatic carbocycles. The van der Waals surface area contributed by atoms with E-state index in [1.54, 1.807) is 18.2 Å². The Morgan fingerprint density at radius 3 is 2.50 bits per heavy atom. The van der Waals surface area contributed by atoms with Gasteiger partial charge in [-0.15, -0.1) is 0 Å². The summed E-state index contributed by atoms with van der Waals surface area (Å²) in [5.41, 5.74) is 1.19. The van der Waals surface area contributed by atoms with Gasteiger partial charge >= 0.3 is 0 Å². The number of benzene rings is 2. The van der Waals surface area contributed by atoms with Gasteiger partial charge in [0.1, 0.15) is 6.10 Å². The summed E-state index contributed by atoms with van der Waals surface area (Å²) in [4.78, 5) is 0. The topological polar surface area (TPSA) is 29.5 Å². The Bertz CT molecular complexity index is 557. The van der Waals surface area contributed by atoms with Crippen LogP contribution < -0.4 is 4.74 Å². The third-order valence-corrected chi connectivity index (χ3v) is 3.15. The number of methoxy groups -OCH3 is 1. The number of rotatable bonds is 3. The Morgan fingerprint density at radius 1 is 1.17 bits per heavy atom. The summed E-state index contributed by atoms with van der Waals surface area (Å²) in [5, 5.41) is 10.2. The van der Waals surface area contributed by atoms with Gasteiger partial charge in [0.15, 0.2) is 11.6 Å². The van der Waals surface area contributed by atoms with Crippen molar-refractivity contribution in [2.24, 2.45) is 0 Å². The summed E-state index contributed by atoms with van der Waals surface area (Å²) in [6, 6.07) is 11.7. The second kappa shape index (κ2) is 5.50. The Morgan fingerprint density at radius 2 is 1.89 bits per heavy atom. The second-order valence-electron chi connectivity index (χ2n) is 3.85. The van der Waals surface area contributed by atoms with Crippen molar-refractivity contribution in [1.82, 2.24) is 0 Å². The first-order chi connectivity index (χ1) is 8.61. The molecule has 2 rings (SSSR count). The smallest absolute Gasteiger partial charge is 0.165 e. The molecule has 0 aromatic heterocycles. The molecule has 94 valence electrons. The van der Waals surface area contributed by atoms with Crippen molar-refractivity contribution >= 4 is 15.9 Å². The predicted octanol–water partition coefficient (Wildman–Crippen LogP) is 3.68. The van der Waals surface area contributed by atoms with Gasteiger partial charge in [-0.3, -0.25) is 0 Å². The van der Waals surface area contributed by atoms with E-state index in [1.165, 1.54) is 19.2 Å². The van der Waals surface area contributed by atoms with E-state index in [0.717, 1.165) is 4.47 Å². The van der Waals surface area contributed by atoms with Gasteiger partial charge in [-0.25, -0.2) is 4.39 Å². The molecule has 0 bridgehead atoms. The summed E-state index contributed by atoms with van der Waals surface area (Å²) in [6.45, 7) is 0. The van der Waals surface area contributed by atoms with Gasteiger partial charge in [0.25, 0.3) is 0 Å². The maximum absolute atomic E-state index is 13.6. The standard InChI is InChI=1S/C14H12BrFO2/c1-18-13-6-5-10(8-12(13)16)14(17)9-3-2-4-11(15)7-9/h2-8,14,17H,1H3/t14-/m0/s1. The minimum Gasteiger partial charge on any atom is -0.494 e. The van der Waals surface area contributed by atoms with Gasteiger partial charge in [-0.1, -0.05) is 34.1 Å². The normalized spacial score (nSPS) is 12.2. The van der Waals surface area contributed by atoms with Crippen LogP contribution in [-0.2, 0) is 0 Å². The van der Waals surface area contributed by atoms with Crippen molar-refractivity contribution in [2.75, 3.05) is 7.11 Å². The number of aliphatic hydroxyl groups excluding tert-OH is 1. The van der Waals surface area contributed by atoms with Crippen molar-refractivity contribution in [3.05, 3.63) is 63.9 Å². The molecule has 2 nitrogen and oxygen atoms in total. The molecule has 0 saturated heterocycles. The molecule has 0 aliphatic heterocycles. The Hall–Kier alpha value is -1.39. The second-order valence-corrected chi connectivity index (χ2v) is 4.77. The fourth-order valence-electron chi connectivity index (χ4n) is 1.72. The lowest BCUT2D eigenvalue weighted by atomic mass is 10.0. The van der Waals surface area contributed by atoms with Crippen LogP contribution in [-0.4, -0.2) is 12.2 Å². The highest BCUT2D eigenvalue weighted by molar-refractivity contribution is 9.10. The van der Waals surface area contributed by atoms with Gasteiger partial charge in [0, 0.05) is 4.47 Å². The van der Waals surface area contributed by atoms with E-state index in [-0.39, 0.29) is 5.75 Å². The molecule has 0 radical (unpaired) electrons. The summed E-state index contributed by atoms with van der Waals surface area (Å²) >= 11 is 3.34. The Kier molecular flexibility index (Phi) is 3.99. The van der Waals surface area contributed by atoms with E-state index in [0.29, 0.717) is 11.1 Å². The van der Waals surface area contributed by atoms with Crippen LogP contribution in [0.15, 0.2) is 46.9 Å². The van der Waals surface area contributed by atoms with E-state index in [4.69, 9.17) is 4.74 Å². The Balaban J connectivity index is 2.34. The lowest BCUT2D eigenvalue weighted by Crippen LogP contribution is -2.01. The number of hydrogen-bond donors (Lipinski definition) is 1. The SMILES string of the molecule is COc1ccc([C@@H](O)c2cccc(Br)c2)cc1F. The number of aliphatic hydroxyl groups is 1. The maximum Gasteiger partial charge on any atom is 0.165 e. The maximum atomic E-state index is 13.6. The molecular weight excluding hydrogens is 299 g/mol. The van der Waals surface area contributed by atoms with Crippen molar-refractivity contribution in [2.45, 2.75) is 6.10 Å². The summed E-state index contributed by atoms with van der Waals surface area (Å²) < 4.78 is 19.3. The predicted molar refractivity (Wildman–Crippen MR) is 71.2 cm³/mol. The number of halogens is 2. The first-order valence-electron chi connectivity index (χ1n) is 5.39. The van der Waals surface area contributed by atoms with Crippen LogP contribution >= 0.6 is 15.9 Å². The molecular formula is C14H12BrFO2. The van der Waals surface area contributed by atoms with Crippen LogP contribution in [0.25, 0.3) is 0 Å². The molecule has 0 fully saturated rings. The Labute approximate surface area is 113 Å². The quantitative estimate of drug-likeness (QED) is 0.937. The number of hydrogen-bond acceptors (Lipinski definition) is 2. The van der Waals surface area contributed by atoms with Crippen LogP contribution in [0.4, 0.5) is 4.39 Å². The molecule has 1 N–H and O–H groups in total. The average Bonchev–Trinajstić information content (AvgIpc) is 2.37. The highest BCUT2D eigenvalue weighted by atomic mass is 79.9. The molecule has 4 heteroatoms. The van der Waals surface area contributed by atoms with Crippen molar-refractivity contribution < 1.29 is 14.2 Å². The summed E-state index contributed by atoms with van der Waals surface area (Å²) in [6.07, 6.45) is -0.858. The average molecular weight is 311 g/mol. The molecule has 0 heterocycles. The molecule has 0 amide bonds. The molecule has 2 aromatic rings. The first-order valence-corrected chi connectivity index (χ1v) is 6.18. The van der Waals surface area contributed by atoms with E-state index in [9.17, 15) is 9.50 Å². The van der Waals surface area contributed by atoms with E-state index in [1.807, 2.05) is 12.1 Å². The lowest BCUT2D eigenvalue weighted by molar-refractivity contribution is 0.219. The molecule has 2 aromatic carbocycles. The van der Waals surface area contributed by atoms with E-state index in [2.05, 4.69) is 15.9 Å². The zero-order chi connectivity index (χ0) is 13.1. The van der Waals surface area contributed by atoms with E-state index >= 15 is 0 Å². The highest BCUT2D eigenvalue weighted by Gasteiger charge is 2.13. The van der Waals surface area contributed by atoms with Gasteiger partial charge < -0.3 is 9.84 Å². The molecule has 1 atom stereocenters. The van der Waals surface area contributed by atoms with Crippen LogP contribution in [0.1, 0.15) is 17.2 Å². The third kappa shape index (κ3) is 2.71. The van der Waals surface area contributed by atoms with E-state index < -0.39 is 11.9 Å². The molecule has 18 heavy (non-hydrogen) atoms. The van der Waals surface area contributed by atoms with Gasteiger partial charge in [-0.2, -0.15) is 0 Å². The molecule has 0 unspecified atom stereocenters. The summed E-state index contributed by atoms with van der Waals surface area (Å²) in [7, 11) is 1.41. The zero-order valence-corrected chi connectivity index (χ0v) is 11.3. The van der Waals surface area contributed by atoms with Crippen LogP contribution in [0.5, 0.6) is 5.75 Å². The van der Waals surface area contributed by atoms with Gasteiger partial charge in [0.05, 0.1) is 7.11 Å². The first kappa shape index (κ1) is 13.1. The minimum atomic E-state index is -0.858. The highest BCUT2D eigenvalue weighted by Crippen LogP contribution is 2.27. The fraction of sp³-hybridized carbons (Fsp3) is 0.143. The molecule has 0 spiro atoms. The zero-order valence-electron chi connectivity index (χ0n) is 9.73.